The van der Waals surface area contributed by atoms with Gasteiger partial charge in [0.25, 0.3) is 0 Å². The van der Waals surface area contributed by atoms with E-state index >= 15 is 0 Å². The van der Waals surface area contributed by atoms with Crippen LogP contribution in [0.4, 0.5) is 39.8 Å². The smallest absolute Gasteiger partial charge is 0.321 e. The van der Waals surface area contributed by atoms with Gasteiger partial charge in [-0.15, -0.1) is 0 Å². The van der Waals surface area contributed by atoms with E-state index in [1.54, 1.807) is 0 Å². The van der Waals surface area contributed by atoms with E-state index in [0.29, 0.717) is 34.2 Å². The van der Waals surface area contributed by atoms with E-state index in [4.69, 9.17) is 0 Å². The van der Waals surface area contributed by atoms with Crippen molar-refractivity contribution in [1.29, 1.82) is 0 Å². The van der Waals surface area contributed by atoms with E-state index in [-0.39, 0.29) is 6.85 Å². The summed E-state index contributed by atoms with van der Waals surface area (Å²) in [4.78, 5) is 14.4. The molecule has 18 aromatic rings. The molecule has 0 saturated carbocycles. The molecule has 0 spiro atoms. The van der Waals surface area contributed by atoms with Crippen molar-refractivity contribution in [2.24, 2.45) is 0 Å². The summed E-state index contributed by atoms with van der Waals surface area (Å²) in [5.41, 5.74) is 34.5. The van der Waals surface area contributed by atoms with E-state index in [2.05, 4.69) is 539 Å². The van der Waals surface area contributed by atoms with Gasteiger partial charge in [0.05, 0.1) is 0 Å². The number of fused-ring (bicyclic) bond motifs is 43. The molecular weight excluding hydrogens is 1590 g/mol. The Morgan fingerprint density at radius 1 is 0.167 bits per heavy atom. The van der Waals surface area contributed by atoms with Gasteiger partial charge in [0.15, 0.2) is 0 Å². The molecule has 0 atom stereocenters. The van der Waals surface area contributed by atoms with Gasteiger partial charge in [0.1, 0.15) is 0 Å². The molecule has 0 radical (unpaired) electrons. The number of rotatable bonds is 0. The van der Waals surface area contributed by atoms with Gasteiger partial charge in [0.2, 0.25) is 0 Å². The van der Waals surface area contributed by atoms with Crippen LogP contribution in [0.1, 0.15) is 38.9 Å². The van der Waals surface area contributed by atoms with E-state index in [0.717, 1.165) is 0 Å². The highest BCUT2D eigenvalue weighted by atomic mass is 15.1. The summed E-state index contributed by atoms with van der Waals surface area (Å²) in [7, 11) is 0. The maximum absolute atomic E-state index is 2.47. The number of nitrogens with zero attached hydrogens (tertiary/aromatic N) is 6. The first-order valence-corrected chi connectivity index (χ1v) is 46.0. The summed E-state index contributed by atoms with van der Waals surface area (Å²) in [5.74, 6) is 13.8. The monoisotopic (exact) mass is 1670 g/mol. The maximum Gasteiger partial charge on any atom is 0.321 e. The number of benzene rings is 18. The Hall–Kier alpha value is -16.4. The lowest BCUT2D eigenvalue weighted by atomic mass is 9.49. The molecule has 30 rings (SSSR count). The molecular formula is C120H84B6N6. The Labute approximate surface area is 773 Å². The van der Waals surface area contributed by atoms with Crippen LogP contribution >= 0.6 is 0 Å². The Bertz CT molecular complexity index is 8050. The van der Waals surface area contributed by atoms with E-state index in [1.807, 2.05) is 0 Å². The van der Waals surface area contributed by atoms with Crippen molar-refractivity contribution >= 4 is 210 Å². The van der Waals surface area contributed by atoms with Crippen molar-refractivity contribution in [3.63, 3.8) is 0 Å². The highest BCUT2D eigenvalue weighted by molar-refractivity contribution is 6.87. The minimum Gasteiger partial charge on any atom is -0.383 e. The van der Waals surface area contributed by atoms with Crippen molar-refractivity contribution in [1.82, 2.24) is 0 Å². The van der Waals surface area contributed by atoms with E-state index < -0.39 is 0 Å². The van der Waals surface area contributed by atoms with Crippen molar-refractivity contribution in [3.05, 3.63) is 506 Å². The number of hydrogen-bond donors (Lipinski definition) is 0. The van der Waals surface area contributed by atoms with Gasteiger partial charge >= 0.3 is 41.1 Å². The van der Waals surface area contributed by atoms with Gasteiger partial charge in [-0.1, -0.05) is 406 Å². The Kier molecular flexibility index (Phi) is 19.5. The zero-order chi connectivity index (χ0) is 87.1. The van der Waals surface area contributed by atoms with E-state index in [9.17, 15) is 0 Å². The minimum atomic E-state index is 0.279. The molecule has 12 aliphatic rings. The fourth-order valence-corrected chi connectivity index (χ4v) is 21.9. The Morgan fingerprint density at radius 3 is 1.17 bits per heavy atom. The van der Waals surface area contributed by atoms with Crippen molar-refractivity contribution in [2.45, 2.75) is 0 Å². The maximum atomic E-state index is 2.47. The molecule has 0 amide bonds. The summed E-state index contributed by atoms with van der Waals surface area (Å²) in [5, 5.41) is 13.0. The van der Waals surface area contributed by atoms with Gasteiger partial charge in [-0.25, -0.2) is 0 Å². The van der Waals surface area contributed by atoms with Gasteiger partial charge in [0, 0.05) is 72.8 Å². The normalized spacial score (nSPS) is 14.6. The molecule has 0 saturated heterocycles. The Balaban J connectivity index is 0.0000000851. The van der Waals surface area contributed by atoms with Crippen molar-refractivity contribution < 1.29 is 0 Å². The third kappa shape index (κ3) is 13.5. The van der Waals surface area contributed by atoms with Crippen LogP contribution in [0.3, 0.4) is 0 Å². The van der Waals surface area contributed by atoms with Crippen LogP contribution in [0.5, 0.6) is 0 Å². The van der Waals surface area contributed by atoms with Crippen LogP contribution in [-0.2, 0) is 0 Å². The molecule has 6 nitrogen and oxygen atoms in total. The molecule has 0 N–H and O–H groups in total. The van der Waals surface area contributed by atoms with Crippen LogP contribution in [-0.4, -0.2) is 41.1 Å². The quantitative estimate of drug-likeness (QED) is 0.140. The van der Waals surface area contributed by atoms with Crippen LogP contribution in [0.25, 0.3) is 130 Å². The standard InChI is InChI=1S/6C20H14BN/c1-5-11-19-15(7-1)13-14-21-18-10-4-2-8-16(18)17-9-3-6-12-20(17)22(19)21;1-3-7-18-15(5-1)9-10-17-11-13-21-19-8-4-2-6-16(19)12-14-22(21)20(17)18;1-3-7-17-15(5-1)9-10-20-18(17)11-13-21-19-8-4-2-6-16(19)12-14-22(20)21;1-2-8-16-15(7-1)11-12-18-17-9-3-4-10-19(17)21-13-5-6-14-22(21)20(16)18;1-2-8-16-14-20-18(13-15(16)7-1)17-9-3-4-10-19(17)21-11-5-6-12-22(20)21;1-2-7-17-14-20-18(13-16(17)6-1)9-11-21-19-8-4-3-5-15(19)10-12-22(20)21/h6*1-14H. The second kappa shape index (κ2) is 33.0. The molecule has 612 valence electrons. The summed E-state index contributed by atoms with van der Waals surface area (Å²) in [6.45, 7) is 1.76. The molecule has 0 fully saturated rings. The molecule has 132 heavy (non-hydrogen) atoms. The van der Waals surface area contributed by atoms with Crippen molar-refractivity contribution in [2.75, 3.05) is 28.9 Å². The molecule has 12 heteroatoms. The second-order valence-corrected chi connectivity index (χ2v) is 35.2. The zero-order valence-corrected chi connectivity index (χ0v) is 72.6. The molecule has 0 unspecified atom stereocenters. The molecule has 12 aliphatic heterocycles. The lowest BCUT2D eigenvalue weighted by Gasteiger charge is -2.40. The largest absolute Gasteiger partial charge is 0.383 e. The van der Waals surface area contributed by atoms with E-state index in [1.165, 1.54) is 199 Å². The lowest BCUT2D eigenvalue weighted by Crippen LogP contribution is -2.49. The first kappa shape index (κ1) is 77.9. The number of para-hydroxylation sites is 2. The number of allylic oxidation sites excluding steroid dienone is 4. The summed E-state index contributed by atoms with van der Waals surface area (Å²) >= 11 is 0. The fraction of sp³-hybridized carbons (Fsp3) is 0. The van der Waals surface area contributed by atoms with Crippen LogP contribution in [0.15, 0.2) is 467 Å². The summed E-state index contributed by atoms with van der Waals surface area (Å²) in [6, 6.07) is 135. The van der Waals surface area contributed by atoms with Crippen molar-refractivity contribution in [3.8, 4) is 33.4 Å². The number of hydrogen-bond acceptors (Lipinski definition) is 6. The first-order valence-electron chi connectivity index (χ1n) is 46.0. The highest BCUT2D eigenvalue weighted by Gasteiger charge is 2.40. The highest BCUT2D eigenvalue weighted by Crippen LogP contribution is 2.47. The fourth-order valence-electron chi connectivity index (χ4n) is 21.9. The summed E-state index contributed by atoms with van der Waals surface area (Å²) in [6.07, 6.45) is 35.3. The third-order valence-electron chi connectivity index (χ3n) is 28.0. The molecule has 0 aliphatic carbocycles. The first-order chi connectivity index (χ1) is 65.5. The van der Waals surface area contributed by atoms with Gasteiger partial charge in [-0.05, 0) is 230 Å². The third-order valence-corrected chi connectivity index (χ3v) is 28.0. The van der Waals surface area contributed by atoms with Crippen LogP contribution in [0, 0.1) is 0 Å². The minimum absolute atomic E-state index is 0.279. The average Bonchev–Trinajstić information content (AvgIpc) is 0.736. The molecule has 12 heterocycles. The Morgan fingerprint density at radius 2 is 0.545 bits per heavy atom. The van der Waals surface area contributed by atoms with Gasteiger partial charge in [-0.2, -0.15) is 0 Å². The van der Waals surface area contributed by atoms with Crippen LogP contribution < -0.4 is 61.6 Å². The van der Waals surface area contributed by atoms with Crippen LogP contribution in [0.2, 0.25) is 0 Å². The molecule has 18 aromatic carbocycles. The topological polar surface area (TPSA) is 19.4 Å². The SMILES string of the molecule is C1=CB2c3ccccc3-c3cc4ccccc4cc3N2C=C1.C1=CB2c3ccccc3-c3ccc4ccccc4c3N2C=C1.C1=Cc2c(ccc3ccccc23)N2C=Cc3ccccc3B12.C1=Cc2cc3ccccc3cc2N2C=Cc3ccccc3B12.C1=Cc2ccc3ccccc3c2N2C=Cc3ccccc3B12.C1=Cc2ccccc2N2B1c1ccccc1-c1ccccc12. The molecule has 0 bridgehead atoms. The summed E-state index contributed by atoms with van der Waals surface area (Å²) < 4.78 is 0. The van der Waals surface area contributed by atoms with Gasteiger partial charge < -0.3 is 28.9 Å². The predicted molar refractivity (Wildman–Crippen MR) is 575 cm³/mol. The molecule has 0 aromatic heterocycles. The number of anilines is 7. The predicted octanol–water partition coefficient (Wildman–Crippen LogP) is 24.9. The lowest BCUT2D eigenvalue weighted by molar-refractivity contribution is 1.35. The second-order valence-electron chi connectivity index (χ2n) is 35.2. The van der Waals surface area contributed by atoms with Gasteiger partial charge in [-0.3, -0.25) is 0 Å². The average molecular weight is 1670 g/mol. The zero-order valence-electron chi connectivity index (χ0n) is 72.6.